The summed E-state index contributed by atoms with van der Waals surface area (Å²) >= 11 is 0. The number of benzene rings is 2. The fourth-order valence-corrected chi connectivity index (χ4v) is 2.08. The van der Waals surface area contributed by atoms with Crippen LogP contribution in [-0.4, -0.2) is 26.7 Å². The highest BCUT2D eigenvalue weighted by Crippen LogP contribution is 2.25. The third kappa shape index (κ3) is 4.65. The third-order valence-corrected chi connectivity index (χ3v) is 3.35. The summed E-state index contributed by atoms with van der Waals surface area (Å²) < 4.78 is 16.0. The van der Waals surface area contributed by atoms with Crippen LogP contribution in [0.4, 0.5) is 5.69 Å². The third-order valence-electron chi connectivity index (χ3n) is 3.35. The van der Waals surface area contributed by atoms with Crippen LogP contribution in [-0.2, 0) is 0 Å². The van der Waals surface area contributed by atoms with E-state index in [1.807, 2.05) is 24.3 Å². The number of rotatable bonds is 7. The van der Waals surface area contributed by atoms with Crippen molar-refractivity contribution in [1.82, 2.24) is 0 Å². The van der Waals surface area contributed by atoms with Crippen LogP contribution in [0.1, 0.15) is 24.2 Å². The van der Waals surface area contributed by atoms with Crippen LogP contribution in [0.5, 0.6) is 17.2 Å². The van der Waals surface area contributed by atoms with Gasteiger partial charge in [-0.15, -0.1) is 0 Å². The maximum Gasteiger partial charge on any atom is 0.259 e. The van der Waals surface area contributed by atoms with Crippen LogP contribution in [0.3, 0.4) is 0 Å². The standard InChI is InChI=1S/C19H23NO4/c1-13(2)12-24-15-7-5-14(6-8-15)20-19(21)17-10-9-16(22-3)11-18(17)23-4/h5-11,13H,12H2,1-4H3,(H,20,21). The predicted molar refractivity (Wildman–Crippen MR) is 94.3 cm³/mol. The number of nitrogens with one attached hydrogen (secondary N) is 1. The van der Waals surface area contributed by atoms with E-state index in [2.05, 4.69) is 19.2 Å². The molecule has 0 aliphatic carbocycles. The Labute approximate surface area is 142 Å². The Hall–Kier alpha value is -2.69. The van der Waals surface area contributed by atoms with Gasteiger partial charge < -0.3 is 19.5 Å². The Kier molecular flexibility index (Phi) is 6.07. The van der Waals surface area contributed by atoms with Gasteiger partial charge in [0.15, 0.2) is 0 Å². The van der Waals surface area contributed by atoms with E-state index in [0.29, 0.717) is 35.3 Å². The molecule has 0 saturated carbocycles. The molecule has 5 heteroatoms. The number of carbonyl (C=O) groups excluding carboxylic acids is 1. The van der Waals surface area contributed by atoms with Gasteiger partial charge in [-0.05, 0) is 42.3 Å². The Morgan fingerprint density at radius 1 is 1.00 bits per heavy atom. The molecule has 0 saturated heterocycles. The molecule has 0 spiro atoms. The van der Waals surface area contributed by atoms with Crippen molar-refractivity contribution in [2.75, 3.05) is 26.1 Å². The van der Waals surface area contributed by atoms with Crippen molar-refractivity contribution >= 4 is 11.6 Å². The lowest BCUT2D eigenvalue weighted by molar-refractivity contribution is 0.102. The van der Waals surface area contributed by atoms with Crippen LogP contribution in [0.15, 0.2) is 42.5 Å². The average Bonchev–Trinajstić information content (AvgIpc) is 2.60. The lowest BCUT2D eigenvalue weighted by Crippen LogP contribution is -2.13. The summed E-state index contributed by atoms with van der Waals surface area (Å²) in [5, 5.41) is 2.85. The monoisotopic (exact) mass is 329 g/mol. The molecule has 2 aromatic carbocycles. The van der Waals surface area contributed by atoms with Crippen LogP contribution < -0.4 is 19.5 Å². The molecule has 5 nitrogen and oxygen atoms in total. The summed E-state index contributed by atoms with van der Waals surface area (Å²) in [6.45, 7) is 4.85. The largest absolute Gasteiger partial charge is 0.497 e. The van der Waals surface area contributed by atoms with E-state index in [0.717, 1.165) is 5.75 Å². The molecule has 0 heterocycles. The van der Waals surface area contributed by atoms with Gasteiger partial charge in [-0.1, -0.05) is 13.8 Å². The molecule has 1 N–H and O–H groups in total. The molecule has 0 aromatic heterocycles. The highest BCUT2D eigenvalue weighted by atomic mass is 16.5. The second-order valence-electron chi connectivity index (χ2n) is 5.75. The van der Waals surface area contributed by atoms with Crippen molar-refractivity contribution in [2.45, 2.75) is 13.8 Å². The zero-order valence-electron chi connectivity index (χ0n) is 14.5. The van der Waals surface area contributed by atoms with E-state index in [-0.39, 0.29) is 5.91 Å². The number of ether oxygens (including phenoxy) is 3. The minimum absolute atomic E-state index is 0.245. The summed E-state index contributed by atoms with van der Waals surface area (Å²) in [6, 6.07) is 12.4. The van der Waals surface area contributed by atoms with E-state index in [1.54, 1.807) is 25.3 Å². The first kappa shape index (κ1) is 17.7. The number of amides is 1. The molecule has 24 heavy (non-hydrogen) atoms. The summed E-state index contributed by atoms with van der Waals surface area (Å²) in [6.07, 6.45) is 0. The van der Waals surface area contributed by atoms with Crippen molar-refractivity contribution in [2.24, 2.45) is 5.92 Å². The number of hydrogen-bond acceptors (Lipinski definition) is 4. The summed E-state index contributed by atoms with van der Waals surface area (Å²) in [4.78, 5) is 12.4. The van der Waals surface area contributed by atoms with Crippen molar-refractivity contribution in [3.05, 3.63) is 48.0 Å². The molecule has 0 aliphatic rings. The van der Waals surface area contributed by atoms with Gasteiger partial charge in [-0.3, -0.25) is 4.79 Å². The summed E-state index contributed by atoms with van der Waals surface area (Å²) in [5.74, 6) is 2.10. The van der Waals surface area contributed by atoms with E-state index >= 15 is 0 Å². The molecule has 0 bridgehead atoms. The van der Waals surface area contributed by atoms with Gasteiger partial charge in [-0.25, -0.2) is 0 Å². The minimum Gasteiger partial charge on any atom is -0.497 e. The maximum atomic E-state index is 12.4. The van der Waals surface area contributed by atoms with Crippen LogP contribution in [0.2, 0.25) is 0 Å². The lowest BCUT2D eigenvalue weighted by Gasteiger charge is -2.12. The molecular formula is C19H23NO4. The Bertz CT molecular complexity index is 680. The van der Waals surface area contributed by atoms with Gasteiger partial charge >= 0.3 is 0 Å². The molecule has 1 amide bonds. The molecule has 0 unspecified atom stereocenters. The average molecular weight is 329 g/mol. The number of hydrogen-bond donors (Lipinski definition) is 1. The molecule has 2 aromatic rings. The molecule has 0 fully saturated rings. The molecule has 0 atom stereocenters. The van der Waals surface area contributed by atoms with Crippen LogP contribution >= 0.6 is 0 Å². The van der Waals surface area contributed by atoms with E-state index in [9.17, 15) is 4.79 Å². The number of anilines is 1. The Morgan fingerprint density at radius 3 is 2.25 bits per heavy atom. The smallest absolute Gasteiger partial charge is 0.259 e. The van der Waals surface area contributed by atoms with Gasteiger partial charge in [0.1, 0.15) is 17.2 Å². The van der Waals surface area contributed by atoms with Gasteiger partial charge in [-0.2, -0.15) is 0 Å². The summed E-state index contributed by atoms with van der Waals surface area (Å²) in [7, 11) is 3.09. The molecule has 2 rings (SSSR count). The number of methoxy groups -OCH3 is 2. The Balaban J connectivity index is 2.06. The molecule has 128 valence electrons. The Morgan fingerprint density at radius 2 is 1.67 bits per heavy atom. The van der Waals surface area contributed by atoms with Crippen LogP contribution in [0, 0.1) is 5.92 Å². The lowest BCUT2D eigenvalue weighted by atomic mass is 10.1. The van der Waals surface area contributed by atoms with Gasteiger partial charge in [0.05, 0.1) is 26.4 Å². The van der Waals surface area contributed by atoms with Crippen molar-refractivity contribution < 1.29 is 19.0 Å². The molecule has 0 radical (unpaired) electrons. The topological polar surface area (TPSA) is 56.8 Å². The van der Waals surface area contributed by atoms with Gasteiger partial charge in [0, 0.05) is 11.8 Å². The first-order valence-electron chi connectivity index (χ1n) is 7.79. The second kappa shape index (κ2) is 8.24. The molecule has 0 aliphatic heterocycles. The fraction of sp³-hybridized carbons (Fsp3) is 0.316. The first-order valence-corrected chi connectivity index (χ1v) is 7.79. The number of carbonyl (C=O) groups is 1. The second-order valence-corrected chi connectivity index (χ2v) is 5.75. The highest BCUT2D eigenvalue weighted by Gasteiger charge is 2.13. The fourth-order valence-electron chi connectivity index (χ4n) is 2.08. The van der Waals surface area contributed by atoms with Crippen molar-refractivity contribution in [1.29, 1.82) is 0 Å². The summed E-state index contributed by atoms with van der Waals surface area (Å²) in [5.41, 5.74) is 1.13. The maximum absolute atomic E-state index is 12.4. The normalized spacial score (nSPS) is 10.4. The van der Waals surface area contributed by atoms with Gasteiger partial charge in [0.25, 0.3) is 5.91 Å². The molecular weight excluding hydrogens is 306 g/mol. The van der Waals surface area contributed by atoms with E-state index in [1.165, 1.54) is 7.11 Å². The highest BCUT2D eigenvalue weighted by molar-refractivity contribution is 6.06. The van der Waals surface area contributed by atoms with Crippen LogP contribution in [0.25, 0.3) is 0 Å². The zero-order chi connectivity index (χ0) is 17.5. The van der Waals surface area contributed by atoms with E-state index in [4.69, 9.17) is 14.2 Å². The van der Waals surface area contributed by atoms with Crippen molar-refractivity contribution in [3.8, 4) is 17.2 Å². The zero-order valence-corrected chi connectivity index (χ0v) is 14.5. The quantitative estimate of drug-likeness (QED) is 0.834. The van der Waals surface area contributed by atoms with E-state index < -0.39 is 0 Å². The minimum atomic E-state index is -0.245. The SMILES string of the molecule is COc1ccc(C(=O)Nc2ccc(OCC(C)C)cc2)c(OC)c1. The van der Waals surface area contributed by atoms with Crippen molar-refractivity contribution in [3.63, 3.8) is 0 Å². The first-order chi connectivity index (χ1) is 11.5. The predicted octanol–water partition coefficient (Wildman–Crippen LogP) is 3.99. The van der Waals surface area contributed by atoms with Gasteiger partial charge in [0.2, 0.25) is 0 Å².